The van der Waals surface area contributed by atoms with Crippen LogP contribution in [0.5, 0.6) is 0 Å². The monoisotopic (exact) mass is 442 g/mol. The molecule has 10 heteroatoms. The largest absolute Gasteiger partial charge is 0.451 e. The van der Waals surface area contributed by atoms with Crippen LogP contribution in [0, 0.1) is 17.5 Å². The van der Waals surface area contributed by atoms with E-state index in [0.717, 1.165) is 35.8 Å². The molecule has 0 unspecified atom stereocenters. The molecule has 0 aliphatic carbocycles. The molecule has 2 N–H and O–H groups in total. The molecule has 0 aliphatic heterocycles. The summed E-state index contributed by atoms with van der Waals surface area (Å²) in [5, 5.41) is 4.20. The molecule has 2 rings (SSSR count). The Morgan fingerprint density at radius 2 is 1.80 bits per heavy atom. The Morgan fingerprint density at radius 3 is 2.47 bits per heavy atom. The summed E-state index contributed by atoms with van der Waals surface area (Å²) < 4.78 is 44.5. The predicted octanol–water partition coefficient (Wildman–Crippen LogP) is 3.59. The van der Waals surface area contributed by atoms with E-state index in [1.807, 2.05) is 19.2 Å². The number of rotatable bonds is 9. The summed E-state index contributed by atoms with van der Waals surface area (Å²) in [4.78, 5) is 37.2. The highest BCUT2D eigenvalue weighted by molar-refractivity contribution is 7.14. The first-order chi connectivity index (χ1) is 14.3. The third-order valence-electron chi connectivity index (χ3n) is 4.05. The molecular formula is C20H21F3N2O4S. The normalized spacial score (nSPS) is 10.6. The zero-order chi connectivity index (χ0) is 22.3. The van der Waals surface area contributed by atoms with E-state index in [1.165, 1.54) is 11.3 Å². The van der Waals surface area contributed by atoms with Crippen molar-refractivity contribution in [2.24, 2.45) is 0 Å². The van der Waals surface area contributed by atoms with Gasteiger partial charge in [-0.3, -0.25) is 9.59 Å². The van der Waals surface area contributed by atoms with E-state index in [-0.39, 0.29) is 0 Å². The maximum Gasteiger partial charge on any atom is 0.348 e. The van der Waals surface area contributed by atoms with Gasteiger partial charge in [0.1, 0.15) is 4.88 Å². The van der Waals surface area contributed by atoms with E-state index in [1.54, 1.807) is 6.07 Å². The van der Waals surface area contributed by atoms with Crippen LogP contribution < -0.4 is 10.6 Å². The van der Waals surface area contributed by atoms with Crippen molar-refractivity contribution >= 4 is 34.8 Å². The van der Waals surface area contributed by atoms with Gasteiger partial charge in [0.15, 0.2) is 24.1 Å². The number of amides is 2. The molecule has 0 bridgehead atoms. The number of hydrogen-bond donors (Lipinski definition) is 2. The van der Waals surface area contributed by atoms with Crippen LogP contribution in [0.4, 0.5) is 18.9 Å². The smallest absolute Gasteiger partial charge is 0.348 e. The summed E-state index contributed by atoms with van der Waals surface area (Å²) in [6.07, 6.45) is 2.59. The molecule has 1 aromatic heterocycles. The van der Waals surface area contributed by atoms with Crippen LogP contribution in [0.15, 0.2) is 18.2 Å². The molecule has 0 spiro atoms. The first-order valence-electron chi connectivity index (χ1n) is 9.25. The molecule has 162 valence electrons. The molecule has 2 aromatic rings. The molecule has 0 radical (unpaired) electrons. The summed E-state index contributed by atoms with van der Waals surface area (Å²) in [6, 6.07) is 3.26. The van der Waals surface area contributed by atoms with Crippen LogP contribution in [-0.2, 0) is 27.2 Å². The lowest BCUT2D eigenvalue weighted by molar-refractivity contribution is -0.126. The number of thiophene rings is 1. The Morgan fingerprint density at radius 1 is 1.07 bits per heavy atom. The number of carbonyl (C=O) groups excluding carboxylic acids is 3. The summed E-state index contributed by atoms with van der Waals surface area (Å²) in [5.74, 6) is -6.90. The Balaban J connectivity index is 1.81. The van der Waals surface area contributed by atoms with Gasteiger partial charge in [0, 0.05) is 4.88 Å². The van der Waals surface area contributed by atoms with Gasteiger partial charge in [-0.1, -0.05) is 20.3 Å². The van der Waals surface area contributed by atoms with Gasteiger partial charge in [0.2, 0.25) is 5.91 Å². The minimum absolute atomic E-state index is 0.398. The van der Waals surface area contributed by atoms with Gasteiger partial charge in [-0.15, -0.1) is 11.3 Å². The summed E-state index contributed by atoms with van der Waals surface area (Å²) in [6.45, 7) is 2.85. The number of esters is 1. The lowest BCUT2D eigenvalue weighted by Crippen LogP contribution is -2.35. The summed E-state index contributed by atoms with van der Waals surface area (Å²) in [5.41, 5.74) is 0.506. The lowest BCUT2D eigenvalue weighted by Gasteiger charge is -2.08. The quantitative estimate of drug-likeness (QED) is 0.459. The first kappa shape index (κ1) is 23.4. The Bertz CT molecular complexity index is 946. The summed E-state index contributed by atoms with van der Waals surface area (Å²) in [7, 11) is 0. The van der Waals surface area contributed by atoms with Crippen LogP contribution in [-0.4, -0.2) is 30.9 Å². The first-order valence-corrected chi connectivity index (χ1v) is 10.1. The van der Waals surface area contributed by atoms with E-state index in [2.05, 4.69) is 5.32 Å². The van der Waals surface area contributed by atoms with Crippen LogP contribution >= 0.6 is 11.3 Å². The number of aryl methyl sites for hydroxylation is 2. The lowest BCUT2D eigenvalue weighted by atomic mass is 10.1. The molecule has 0 saturated heterocycles. The topological polar surface area (TPSA) is 84.5 Å². The second-order valence-corrected chi connectivity index (χ2v) is 7.42. The minimum atomic E-state index is -1.72. The number of ether oxygens (including phenoxy) is 1. The van der Waals surface area contributed by atoms with Gasteiger partial charge >= 0.3 is 5.97 Å². The zero-order valence-electron chi connectivity index (χ0n) is 16.4. The van der Waals surface area contributed by atoms with E-state index >= 15 is 0 Å². The van der Waals surface area contributed by atoms with E-state index < -0.39 is 54.1 Å². The van der Waals surface area contributed by atoms with Crippen LogP contribution in [0.25, 0.3) is 0 Å². The standard InChI is InChI=1S/C20H21F3N2O4S/c1-3-5-14-11(4-2)8-15(30-14)20(28)29-10-17(27)24-9-16(26)25-13-7-6-12(21)18(22)19(13)23/h6-8H,3-5,9-10H2,1-2H3,(H,24,27)(H,25,26). The average molecular weight is 442 g/mol. The second-order valence-electron chi connectivity index (χ2n) is 6.29. The molecule has 6 nitrogen and oxygen atoms in total. The van der Waals surface area contributed by atoms with Gasteiger partial charge in [0.05, 0.1) is 12.2 Å². The van der Waals surface area contributed by atoms with Crippen LogP contribution in [0.3, 0.4) is 0 Å². The molecule has 0 atom stereocenters. The molecule has 0 fully saturated rings. The number of halogens is 3. The third-order valence-corrected chi connectivity index (χ3v) is 5.26. The van der Waals surface area contributed by atoms with E-state index in [0.29, 0.717) is 10.9 Å². The van der Waals surface area contributed by atoms with Crippen LogP contribution in [0.2, 0.25) is 0 Å². The molecule has 0 aliphatic rings. The second kappa shape index (κ2) is 10.8. The van der Waals surface area contributed by atoms with Gasteiger partial charge in [-0.25, -0.2) is 18.0 Å². The Hall–Kier alpha value is -2.88. The fourth-order valence-corrected chi connectivity index (χ4v) is 3.80. The highest BCUT2D eigenvalue weighted by Crippen LogP contribution is 2.25. The molecule has 1 heterocycles. The number of anilines is 1. The summed E-state index contributed by atoms with van der Waals surface area (Å²) >= 11 is 1.33. The maximum atomic E-state index is 13.5. The van der Waals surface area contributed by atoms with Crippen LogP contribution in [0.1, 0.15) is 40.4 Å². The number of benzene rings is 1. The highest BCUT2D eigenvalue weighted by Gasteiger charge is 2.18. The molecular weight excluding hydrogens is 421 g/mol. The zero-order valence-corrected chi connectivity index (χ0v) is 17.3. The fraction of sp³-hybridized carbons (Fsp3) is 0.350. The average Bonchev–Trinajstić information content (AvgIpc) is 3.14. The minimum Gasteiger partial charge on any atom is -0.451 e. The fourth-order valence-electron chi connectivity index (χ4n) is 2.55. The van der Waals surface area contributed by atoms with Crippen molar-refractivity contribution in [2.45, 2.75) is 33.1 Å². The van der Waals surface area contributed by atoms with Crippen molar-refractivity contribution in [3.05, 3.63) is 51.0 Å². The molecule has 0 saturated carbocycles. The third kappa shape index (κ3) is 6.06. The number of carbonyl (C=O) groups is 3. The van der Waals surface area contributed by atoms with Crippen molar-refractivity contribution in [2.75, 3.05) is 18.5 Å². The van der Waals surface area contributed by atoms with Gasteiger partial charge in [0.25, 0.3) is 5.91 Å². The molecule has 2 amide bonds. The van der Waals surface area contributed by atoms with Gasteiger partial charge < -0.3 is 15.4 Å². The predicted molar refractivity (Wildman–Crippen MR) is 106 cm³/mol. The van der Waals surface area contributed by atoms with Crippen molar-refractivity contribution in [1.82, 2.24) is 5.32 Å². The van der Waals surface area contributed by atoms with E-state index in [9.17, 15) is 27.6 Å². The SMILES string of the molecule is CCCc1sc(C(=O)OCC(=O)NCC(=O)Nc2ccc(F)c(F)c2F)cc1CC. The van der Waals surface area contributed by atoms with Crippen molar-refractivity contribution in [3.8, 4) is 0 Å². The van der Waals surface area contributed by atoms with Crippen molar-refractivity contribution < 1.29 is 32.3 Å². The Kier molecular flexibility index (Phi) is 8.40. The van der Waals surface area contributed by atoms with Crippen molar-refractivity contribution in [1.29, 1.82) is 0 Å². The molecule has 30 heavy (non-hydrogen) atoms. The molecule has 1 aromatic carbocycles. The van der Waals surface area contributed by atoms with Gasteiger partial charge in [-0.2, -0.15) is 0 Å². The number of hydrogen-bond acceptors (Lipinski definition) is 5. The van der Waals surface area contributed by atoms with Gasteiger partial charge in [-0.05, 0) is 36.6 Å². The highest BCUT2D eigenvalue weighted by atomic mass is 32.1. The van der Waals surface area contributed by atoms with E-state index in [4.69, 9.17) is 4.74 Å². The maximum absolute atomic E-state index is 13.5. The Labute approximate surface area is 175 Å². The number of nitrogens with one attached hydrogen (secondary N) is 2. The van der Waals surface area contributed by atoms with Crippen molar-refractivity contribution in [3.63, 3.8) is 0 Å².